The van der Waals surface area contributed by atoms with Crippen molar-refractivity contribution in [2.24, 2.45) is 0 Å². The first-order chi connectivity index (χ1) is 7.97. The van der Waals surface area contributed by atoms with Crippen molar-refractivity contribution in [1.82, 2.24) is 5.32 Å². The molecule has 0 radical (unpaired) electrons. The fourth-order valence-corrected chi connectivity index (χ4v) is 2.03. The first-order valence-electron chi connectivity index (χ1n) is 6.36. The number of benzene rings is 1. The molecule has 0 atom stereocenters. The molecular weight excluding hydrogens is 226 g/mol. The van der Waals surface area contributed by atoms with E-state index >= 15 is 0 Å². The van der Waals surface area contributed by atoms with Gasteiger partial charge in [-0.3, -0.25) is 0 Å². The zero-order chi connectivity index (χ0) is 12.9. The van der Waals surface area contributed by atoms with Gasteiger partial charge in [-0.15, -0.1) is 0 Å². The lowest BCUT2D eigenvalue weighted by Crippen LogP contribution is -2.33. The van der Waals surface area contributed by atoms with E-state index in [4.69, 9.17) is 0 Å². The Labute approximate surface area is 111 Å². The van der Waals surface area contributed by atoms with Gasteiger partial charge in [0.25, 0.3) is 0 Å². The van der Waals surface area contributed by atoms with Crippen LogP contribution < -0.4 is 5.32 Å². The number of rotatable bonds is 6. The molecule has 0 fully saturated rings. The number of hydrogen-bond acceptors (Lipinski definition) is 2. The lowest BCUT2D eigenvalue weighted by Gasteiger charge is -2.26. The van der Waals surface area contributed by atoms with Crippen LogP contribution in [0.15, 0.2) is 18.2 Å². The van der Waals surface area contributed by atoms with Crippen LogP contribution in [0.2, 0.25) is 0 Å². The fraction of sp³-hybridized carbons (Fsp3) is 0.600. The Morgan fingerprint density at radius 3 is 2.47 bits per heavy atom. The van der Waals surface area contributed by atoms with Gasteiger partial charge in [0.1, 0.15) is 0 Å². The van der Waals surface area contributed by atoms with Crippen LogP contribution >= 0.6 is 12.6 Å². The van der Waals surface area contributed by atoms with E-state index in [2.05, 4.69) is 63.8 Å². The zero-order valence-corrected chi connectivity index (χ0v) is 12.4. The number of thiol groups is 1. The summed E-state index contributed by atoms with van der Waals surface area (Å²) in [5.74, 6) is 0.955. The maximum absolute atomic E-state index is 4.22. The standard InChI is InChI=1S/C15H25NS/c1-12-6-7-14(10-13(12)2)15(3,4)11-16-8-5-9-17/h6-7,10,16-17H,5,8-9,11H2,1-4H3. The molecule has 0 aliphatic heterocycles. The van der Waals surface area contributed by atoms with Crippen LogP contribution in [0.4, 0.5) is 0 Å². The van der Waals surface area contributed by atoms with Crippen molar-refractivity contribution in [1.29, 1.82) is 0 Å². The quantitative estimate of drug-likeness (QED) is 0.582. The second kappa shape index (κ2) is 6.46. The molecule has 0 aliphatic carbocycles. The molecule has 1 N–H and O–H groups in total. The van der Waals surface area contributed by atoms with Crippen molar-refractivity contribution < 1.29 is 0 Å². The summed E-state index contributed by atoms with van der Waals surface area (Å²) in [5.41, 5.74) is 4.35. The van der Waals surface area contributed by atoms with Crippen LogP contribution in [-0.4, -0.2) is 18.8 Å². The van der Waals surface area contributed by atoms with Crippen LogP contribution in [0.25, 0.3) is 0 Å². The van der Waals surface area contributed by atoms with Crippen molar-refractivity contribution in [3.05, 3.63) is 34.9 Å². The smallest absolute Gasteiger partial charge is 0.00431 e. The molecule has 0 unspecified atom stereocenters. The second-order valence-corrected chi connectivity index (χ2v) is 5.88. The Balaban J connectivity index is 2.64. The highest BCUT2D eigenvalue weighted by atomic mass is 32.1. The maximum atomic E-state index is 4.22. The van der Waals surface area contributed by atoms with Crippen LogP contribution in [0.1, 0.15) is 37.0 Å². The predicted octanol–water partition coefficient (Wildman–Crippen LogP) is 3.49. The van der Waals surface area contributed by atoms with E-state index in [0.717, 1.165) is 25.3 Å². The molecular formula is C15H25NS. The average molecular weight is 251 g/mol. The van der Waals surface area contributed by atoms with E-state index in [1.807, 2.05) is 0 Å². The highest BCUT2D eigenvalue weighted by Gasteiger charge is 2.20. The minimum absolute atomic E-state index is 0.190. The van der Waals surface area contributed by atoms with Gasteiger partial charge in [0.2, 0.25) is 0 Å². The molecule has 0 spiro atoms. The summed E-state index contributed by atoms with van der Waals surface area (Å²) < 4.78 is 0. The molecule has 1 aromatic rings. The highest BCUT2D eigenvalue weighted by Crippen LogP contribution is 2.24. The monoisotopic (exact) mass is 251 g/mol. The molecule has 0 heterocycles. The van der Waals surface area contributed by atoms with Crippen molar-refractivity contribution in [2.45, 2.75) is 39.5 Å². The molecule has 2 heteroatoms. The van der Waals surface area contributed by atoms with Gasteiger partial charge in [0.05, 0.1) is 0 Å². The van der Waals surface area contributed by atoms with Gasteiger partial charge in [0, 0.05) is 12.0 Å². The minimum atomic E-state index is 0.190. The van der Waals surface area contributed by atoms with Crippen molar-refractivity contribution in [2.75, 3.05) is 18.8 Å². The van der Waals surface area contributed by atoms with E-state index in [0.29, 0.717) is 0 Å². The Bertz CT molecular complexity index is 358. The molecule has 0 amide bonds. The fourth-order valence-electron chi connectivity index (χ4n) is 1.87. The normalized spacial score (nSPS) is 11.8. The zero-order valence-electron chi connectivity index (χ0n) is 11.5. The van der Waals surface area contributed by atoms with Gasteiger partial charge >= 0.3 is 0 Å². The molecule has 1 rings (SSSR count). The van der Waals surface area contributed by atoms with Crippen molar-refractivity contribution in [3.63, 3.8) is 0 Å². The van der Waals surface area contributed by atoms with Gasteiger partial charge in [-0.25, -0.2) is 0 Å². The Hall–Kier alpha value is -0.470. The van der Waals surface area contributed by atoms with Crippen LogP contribution in [-0.2, 0) is 5.41 Å². The largest absolute Gasteiger partial charge is 0.316 e. The molecule has 0 saturated carbocycles. The Kier molecular flexibility index (Phi) is 5.54. The molecule has 0 bridgehead atoms. The second-order valence-electron chi connectivity index (χ2n) is 5.44. The van der Waals surface area contributed by atoms with E-state index in [1.165, 1.54) is 16.7 Å². The van der Waals surface area contributed by atoms with Gasteiger partial charge in [-0.05, 0) is 49.3 Å². The van der Waals surface area contributed by atoms with Crippen molar-refractivity contribution >= 4 is 12.6 Å². The van der Waals surface area contributed by atoms with E-state index in [1.54, 1.807) is 0 Å². The molecule has 0 aliphatic rings. The van der Waals surface area contributed by atoms with Gasteiger partial charge in [0.15, 0.2) is 0 Å². The van der Waals surface area contributed by atoms with E-state index in [9.17, 15) is 0 Å². The molecule has 1 nitrogen and oxygen atoms in total. The van der Waals surface area contributed by atoms with Crippen LogP contribution in [0, 0.1) is 13.8 Å². The van der Waals surface area contributed by atoms with Gasteiger partial charge in [-0.1, -0.05) is 32.0 Å². The van der Waals surface area contributed by atoms with E-state index < -0.39 is 0 Å². The third-order valence-electron chi connectivity index (χ3n) is 3.37. The lowest BCUT2D eigenvalue weighted by molar-refractivity contribution is 0.470. The maximum Gasteiger partial charge on any atom is 0.00431 e. The lowest BCUT2D eigenvalue weighted by atomic mass is 9.83. The highest BCUT2D eigenvalue weighted by molar-refractivity contribution is 7.80. The topological polar surface area (TPSA) is 12.0 Å². The molecule has 1 aromatic carbocycles. The van der Waals surface area contributed by atoms with Crippen LogP contribution in [0.3, 0.4) is 0 Å². The summed E-state index contributed by atoms with van der Waals surface area (Å²) in [6, 6.07) is 6.79. The SMILES string of the molecule is Cc1ccc(C(C)(C)CNCCCS)cc1C. The first kappa shape index (κ1) is 14.6. The third kappa shape index (κ3) is 4.36. The Morgan fingerprint density at radius 1 is 1.18 bits per heavy atom. The minimum Gasteiger partial charge on any atom is -0.316 e. The average Bonchev–Trinajstić information content (AvgIpc) is 2.28. The first-order valence-corrected chi connectivity index (χ1v) is 7.00. The summed E-state index contributed by atoms with van der Waals surface area (Å²) in [5, 5.41) is 3.51. The third-order valence-corrected chi connectivity index (χ3v) is 3.68. The number of nitrogens with one attached hydrogen (secondary N) is 1. The van der Waals surface area contributed by atoms with Gasteiger partial charge in [-0.2, -0.15) is 12.6 Å². The predicted molar refractivity (Wildman–Crippen MR) is 80.3 cm³/mol. The molecule has 17 heavy (non-hydrogen) atoms. The Morgan fingerprint density at radius 2 is 1.88 bits per heavy atom. The van der Waals surface area contributed by atoms with Crippen LogP contribution in [0.5, 0.6) is 0 Å². The number of hydrogen-bond donors (Lipinski definition) is 2. The van der Waals surface area contributed by atoms with E-state index in [-0.39, 0.29) is 5.41 Å². The summed E-state index contributed by atoms with van der Waals surface area (Å²) >= 11 is 4.22. The summed E-state index contributed by atoms with van der Waals surface area (Å²) in [6.07, 6.45) is 1.13. The summed E-state index contributed by atoms with van der Waals surface area (Å²) in [4.78, 5) is 0. The summed E-state index contributed by atoms with van der Waals surface area (Å²) in [6.45, 7) is 11.0. The number of aryl methyl sites for hydroxylation is 2. The molecule has 0 aromatic heterocycles. The summed E-state index contributed by atoms with van der Waals surface area (Å²) in [7, 11) is 0. The van der Waals surface area contributed by atoms with Gasteiger partial charge < -0.3 is 5.32 Å². The molecule has 96 valence electrons. The molecule has 0 saturated heterocycles. The van der Waals surface area contributed by atoms with Crippen molar-refractivity contribution in [3.8, 4) is 0 Å².